The van der Waals surface area contributed by atoms with Gasteiger partial charge in [0.15, 0.2) is 0 Å². The molecule has 2 aromatic rings. The van der Waals surface area contributed by atoms with E-state index in [2.05, 4.69) is 15.3 Å². The smallest absolute Gasteiger partial charge is 0.245 e. The molecule has 0 aliphatic carbocycles. The number of carbonyl (C=O) groups is 1. The second kappa shape index (κ2) is 6.68. The van der Waals surface area contributed by atoms with Gasteiger partial charge >= 0.3 is 0 Å². The summed E-state index contributed by atoms with van der Waals surface area (Å²) in [4.78, 5) is 22.1. The minimum atomic E-state index is -0.637. The summed E-state index contributed by atoms with van der Waals surface area (Å²) >= 11 is 0. The molecule has 1 aliphatic heterocycles. The predicted molar refractivity (Wildman–Crippen MR) is 80.5 cm³/mol. The van der Waals surface area contributed by atoms with Crippen LogP contribution in [0.4, 0.5) is 14.6 Å². The third kappa shape index (κ3) is 3.61. The molecule has 1 fully saturated rings. The van der Waals surface area contributed by atoms with Gasteiger partial charge in [-0.3, -0.25) is 9.78 Å². The highest BCUT2D eigenvalue weighted by Gasteiger charge is 2.29. The average molecular weight is 318 g/mol. The second-order valence-corrected chi connectivity index (χ2v) is 5.43. The summed E-state index contributed by atoms with van der Waals surface area (Å²) < 4.78 is 26.7. The van der Waals surface area contributed by atoms with Gasteiger partial charge in [0.1, 0.15) is 23.5 Å². The highest BCUT2D eigenvalue weighted by molar-refractivity contribution is 5.85. The number of halogens is 2. The average Bonchev–Trinajstić information content (AvgIpc) is 2.54. The van der Waals surface area contributed by atoms with Crippen LogP contribution in [0.1, 0.15) is 18.4 Å². The molecule has 1 amide bonds. The molecule has 7 heteroatoms. The van der Waals surface area contributed by atoms with Crippen molar-refractivity contribution in [2.75, 3.05) is 11.9 Å². The van der Waals surface area contributed by atoms with E-state index in [0.717, 1.165) is 12.5 Å². The Morgan fingerprint density at radius 1 is 1.30 bits per heavy atom. The molecule has 0 bridgehead atoms. The molecule has 1 N–H and O–H groups in total. The van der Waals surface area contributed by atoms with Crippen LogP contribution < -0.4 is 5.32 Å². The van der Waals surface area contributed by atoms with E-state index in [1.165, 1.54) is 12.1 Å². The lowest BCUT2D eigenvalue weighted by Gasteiger charge is -2.33. The van der Waals surface area contributed by atoms with Crippen LogP contribution in [-0.4, -0.2) is 33.4 Å². The van der Waals surface area contributed by atoms with Crippen LogP contribution in [0.3, 0.4) is 0 Å². The van der Waals surface area contributed by atoms with Crippen molar-refractivity contribution in [2.24, 2.45) is 0 Å². The van der Waals surface area contributed by atoms with E-state index in [1.54, 1.807) is 23.5 Å². The molecule has 0 saturated carbocycles. The first-order valence-corrected chi connectivity index (χ1v) is 7.39. The molecule has 0 unspecified atom stereocenters. The largest absolute Gasteiger partial charge is 0.357 e. The summed E-state index contributed by atoms with van der Waals surface area (Å²) in [5, 5.41) is 3.05. The maximum Gasteiger partial charge on any atom is 0.245 e. The van der Waals surface area contributed by atoms with Crippen LogP contribution in [0, 0.1) is 11.6 Å². The number of hydrogen-bond acceptors (Lipinski definition) is 4. The summed E-state index contributed by atoms with van der Waals surface area (Å²) in [6.45, 7) is 0.678. The van der Waals surface area contributed by atoms with E-state index in [1.807, 2.05) is 0 Å². The van der Waals surface area contributed by atoms with Crippen molar-refractivity contribution in [3.8, 4) is 0 Å². The molecule has 5 nitrogen and oxygen atoms in total. The number of anilines is 1. The minimum absolute atomic E-state index is 0.120. The van der Waals surface area contributed by atoms with Gasteiger partial charge in [0.25, 0.3) is 0 Å². The Hall–Kier alpha value is -2.57. The molecule has 0 radical (unpaired) electrons. The highest BCUT2D eigenvalue weighted by Crippen LogP contribution is 2.19. The number of aromatic nitrogens is 2. The number of carbonyl (C=O) groups excluding carboxylic acids is 1. The molecule has 1 atom stereocenters. The Labute approximate surface area is 132 Å². The maximum atomic E-state index is 13.8. The van der Waals surface area contributed by atoms with Gasteiger partial charge < -0.3 is 10.2 Å². The van der Waals surface area contributed by atoms with Crippen LogP contribution >= 0.6 is 0 Å². The summed E-state index contributed by atoms with van der Waals surface area (Å²) in [5.74, 6) is -0.855. The van der Waals surface area contributed by atoms with Crippen molar-refractivity contribution in [3.05, 3.63) is 54.0 Å². The SMILES string of the molecule is O=C1[C@H](Nc2cnccn2)CCCN1Cc1ccc(F)cc1F. The van der Waals surface area contributed by atoms with E-state index in [9.17, 15) is 13.6 Å². The van der Waals surface area contributed by atoms with Gasteiger partial charge in [-0.25, -0.2) is 13.8 Å². The van der Waals surface area contributed by atoms with Gasteiger partial charge in [0, 0.05) is 37.1 Å². The number of benzene rings is 1. The van der Waals surface area contributed by atoms with E-state index >= 15 is 0 Å². The molecule has 23 heavy (non-hydrogen) atoms. The molecule has 2 heterocycles. The third-order valence-corrected chi connectivity index (χ3v) is 3.79. The van der Waals surface area contributed by atoms with E-state index in [0.29, 0.717) is 24.3 Å². The van der Waals surface area contributed by atoms with Gasteiger partial charge in [-0.2, -0.15) is 0 Å². The van der Waals surface area contributed by atoms with Crippen LogP contribution in [0.2, 0.25) is 0 Å². The third-order valence-electron chi connectivity index (χ3n) is 3.79. The van der Waals surface area contributed by atoms with Crippen LogP contribution in [-0.2, 0) is 11.3 Å². The van der Waals surface area contributed by atoms with Gasteiger partial charge in [-0.1, -0.05) is 6.07 Å². The topological polar surface area (TPSA) is 58.1 Å². The van der Waals surface area contributed by atoms with Crippen LogP contribution in [0.25, 0.3) is 0 Å². The summed E-state index contributed by atoms with van der Waals surface area (Å²) in [5.41, 5.74) is 0.305. The van der Waals surface area contributed by atoms with Crippen LogP contribution in [0.15, 0.2) is 36.8 Å². The fourth-order valence-corrected chi connectivity index (χ4v) is 2.64. The standard InChI is InChI=1S/C16H16F2N4O/c17-12-4-3-11(13(18)8-12)10-22-7-1-2-14(16(22)23)21-15-9-19-5-6-20-15/h3-6,8-9,14H,1-2,7,10H2,(H,20,21)/t14-/m1/s1. The quantitative estimate of drug-likeness (QED) is 0.940. The van der Waals surface area contributed by atoms with E-state index in [4.69, 9.17) is 0 Å². The maximum absolute atomic E-state index is 13.8. The molecular formula is C16H16F2N4O. The van der Waals surface area contributed by atoms with E-state index < -0.39 is 17.7 Å². The van der Waals surface area contributed by atoms with Crippen molar-refractivity contribution in [3.63, 3.8) is 0 Å². The number of rotatable bonds is 4. The number of hydrogen-bond donors (Lipinski definition) is 1. The summed E-state index contributed by atoms with van der Waals surface area (Å²) in [6, 6.07) is 2.99. The number of nitrogens with zero attached hydrogens (tertiary/aromatic N) is 3. The van der Waals surface area contributed by atoms with Gasteiger partial charge in [-0.15, -0.1) is 0 Å². The van der Waals surface area contributed by atoms with E-state index in [-0.39, 0.29) is 12.5 Å². The van der Waals surface area contributed by atoms with Gasteiger partial charge in [0.05, 0.1) is 6.20 Å². The lowest BCUT2D eigenvalue weighted by molar-refractivity contribution is -0.134. The van der Waals surface area contributed by atoms with Crippen LogP contribution in [0.5, 0.6) is 0 Å². The molecule has 1 aliphatic rings. The summed E-state index contributed by atoms with van der Waals surface area (Å²) in [6.07, 6.45) is 6.12. The Kier molecular flexibility index (Phi) is 4.45. The lowest BCUT2D eigenvalue weighted by atomic mass is 10.0. The predicted octanol–water partition coefficient (Wildman–Crippen LogP) is 2.36. The number of amides is 1. The number of piperidine rings is 1. The van der Waals surface area contributed by atoms with Gasteiger partial charge in [-0.05, 0) is 18.9 Å². The first kappa shape index (κ1) is 15.3. The molecule has 3 rings (SSSR count). The fourth-order valence-electron chi connectivity index (χ4n) is 2.64. The second-order valence-electron chi connectivity index (χ2n) is 5.43. The Morgan fingerprint density at radius 3 is 2.91 bits per heavy atom. The zero-order chi connectivity index (χ0) is 16.2. The lowest BCUT2D eigenvalue weighted by Crippen LogP contribution is -2.47. The Morgan fingerprint density at radius 2 is 2.17 bits per heavy atom. The molecule has 120 valence electrons. The van der Waals surface area contributed by atoms with Crippen molar-refractivity contribution >= 4 is 11.7 Å². The minimum Gasteiger partial charge on any atom is -0.357 e. The number of likely N-dealkylation sites (tertiary alicyclic amines) is 1. The first-order valence-electron chi connectivity index (χ1n) is 7.39. The van der Waals surface area contributed by atoms with Crippen molar-refractivity contribution < 1.29 is 13.6 Å². The molecule has 1 aromatic heterocycles. The molecule has 1 saturated heterocycles. The van der Waals surface area contributed by atoms with Gasteiger partial charge in [0.2, 0.25) is 5.91 Å². The monoisotopic (exact) mass is 318 g/mol. The normalized spacial score (nSPS) is 18.1. The zero-order valence-electron chi connectivity index (χ0n) is 12.4. The highest BCUT2D eigenvalue weighted by atomic mass is 19.1. The Bertz CT molecular complexity index is 696. The van der Waals surface area contributed by atoms with Crippen molar-refractivity contribution in [2.45, 2.75) is 25.4 Å². The fraction of sp³-hybridized carbons (Fsp3) is 0.312. The Balaban J connectivity index is 1.69. The first-order chi connectivity index (χ1) is 11.1. The molecule has 1 aromatic carbocycles. The molecular weight excluding hydrogens is 302 g/mol. The van der Waals surface area contributed by atoms with Crippen molar-refractivity contribution in [1.82, 2.24) is 14.9 Å². The molecule has 0 spiro atoms. The zero-order valence-corrected chi connectivity index (χ0v) is 12.4. The summed E-state index contributed by atoms with van der Waals surface area (Å²) in [7, 11) is 0. The number of nitrogens with one attached hydrogen (secondary N) is 1. The van der Waals surface area contributed by atoms with Crippen molar-refractivity contribution in [1.29, 1.82) is 0 Å².